The van der Waals surface area contributed by atoms with E-state index in [2.05, 4.69) is 10.1 Å². The Balaban J connectivity index is 1.75. The molecule has 128 valence electrons. The fourth-order valence-corrected chi connectivity index (χ4v) is 3.24. The van der Waals surface area contributed by atoms with Gasteiger partial charge in [-0.15, -0.1) is 0 Å². The predicted molar refractivity (Wildman–Crippen MR) is 84.3 cm³/mol. The third-order valence-corrected chi connectivity index (χ3v) is 4.57. The lowest BCUT2D eigenvalue weighted by atomic mass is 9.92. The Hall–Kier alpha value is -1.60. The van der Waals surface area contributed by atoms with Gasteiger partial charge in [0.15, 0.2) is 11.6 Å². The minimum absolute atomic E-state index is 0.0150. The van der Waals surface area contributed by atoms with Gasteiger partial charge in [0, 0.05) is 32.2 Å². The second-order valence-corrected chi connectivity index (χ2v) is 6.64. The largest absolute Gasteiger partial charge is 0.391 e. The van der Waals surface area contributed by atoms with Gasteiger partial charge in [-0.2, -0.15) is 0 Å². The Morgan fingerprint density at radius 2 is 2.09 bits per heavy atom. The molecule has 0 aliphatic carbocycles. The smallest absolute Gasteiger partial charge is 0.233 e. The molecule has 2 atom stereocenters. The van der Waals surface area contributed by atoms with E-state index in [-0.39, 0.29) is 17.7 Å². The number of amides is 1. The summed E-state index contributed by atoms with van der Waals surface area (Å²) in [5, 5.41) is 13.8. The normalized spacial score (nSPS) is 23.6. The van der Waals surface area contributed by atoms with Crippen LogP contribution in [0.5, 0.6) is 0 Å². The molecule has 1 amide bonds. The number of anilines is 1. The molecule has 3 heterocycles. The highest BCUT2D eigenvalue weighted by Crippen LogP contribution is 2.31. The lowest BCUT2D eigenvalue weighted by molar-refractivity contribution is -0.133. The zero-order chi connectivity index (χ0) is 16.4. The SMILES string of the molecule is CC(C)C(C(=O)N1CCC(O)C1)c1cc(N2CCOCC2)no1. The lowest BCUT2D eigenvalue weighted by Gasteiger charge is -2.26. The van der Waals surface area contributed by atoms with Crippen molar-refractivity contribution in [1.82, 2.24) is 10.1 Å². The molecule has 2 fully saturated rings. The third-order valence-electron chi connectivity index (χ3n) is 4.57. The van der Waals surface area contributed by atoms with E-state index >= 15 is 0 Å². The van der Waals surface area contributed by atoms with Crippen molar-refractivity contribution in [2.45, 2.75) is 32.3 Å². The van der Waals surface area contributed by atoms with Crippen molar-refractivity contribution >= 4 is 11.7 Å². The van der Waals surface area contributed by atoms with Crippen LogP contribution in [0, 0.1) is 5.92 Å². The van der Waals surface area contributed by atoms with Crippen molar-refractivity contribution in [1.29, 1.82) is 0 Å². The summed E-state index contributed by atoms with van der Waals surface area (Å²) in [6.45, 7) is 7.95. The van der Waals surface area contributed by atoms with E-state index in [1.807, 2.05) is 19.9 Å². The van der Waals surface area contributed by atoms with Crippen LogP contribution in [0.3, 0.4) is 0 Å². The number of carbonyl (C=O) groups excluding carboxylic acids is 1. The van der Waals surface area contributed by atoms with Crippen molar-refractivity contribution in [3.8, 4) is 0 Å². The van der Waals surface area contributed by atoms with Crippen LogP contribution in [0.4, 0.5) is 5.82 Å². The predicted octanol–water partition coefficient (Wildman–Crippen LogP) is 0.844. The fraction of sp³-hybridized carbons (Fsp3) is 0.750. The van der Waals surface area contributed by atoms with Crippen molar-refractivity contribution in [3.63, 3.8) is 0 Å². The zero-order valence-corrected chi connectivity index (χ0v) is 13.8. The summed E-state index contributed by atoms with van der Waals surface area (Å²) in [5.41, 5.74) is 0. The average Bonchev–Trinajstić information content (AvgIpc) is 3.17. The van der Waals surface area contributed by atoms with Gasteiger partial charge in [-0.3, -0.25) is 4.79 Å². The number of aliphatic hydroxyl groups excluding tert-OH is 1. The Kier molecular flexibility index (Phi) is 4.87. The molecule has 2 aliphatic rings. The number of β-amino-alcohol motifs (C(OH)–C–C–N with tert-alkyl or cyclic N) is 1. The number of rotatable bonds is 4. The van der Waals surface area contributed by atoms with Crippen LogP contribution in [0.2, 0.25) is 0 Å². The van der Waals surface area contributed by atoms with Crippen molar-refractivity contribution in [3.05, 3.63) is 11.8 Å². The maximum absolute atomic E-state index is 12.8. The summed E-state index contributed by atoms with van der Waals surface area (Å²) >= 11 is 0. The van der Waals surface area contributed by atoms with Crippen LogP contribution in [-0.2, 0) is 9.53 Å². The molecule has 7 heteroatoms. The standard InChI is InChI=1S/C16H25N3O4/c1-11(2)15(16(21)19-4-3-12(20)10-19)13-9-14(17-23-13)18-5-7-22-8-6-18/h9,11-12,15,20H,3-8,10H2,1-2H3. The third kappa shape index (κ3) is 3.50. The van der Waals surface area contributed by atoms with Gasteiger partial charge in [0.25, 0.3) is 0 Å². The van der Waals surface area contributed by atoms with E-state index in [0.29, 0.717) is 38.5 Å². The second kappa shape index (κ2) is 6.88. The summed E-state index contributed by atoms with van der Waals surface area (Å²) in [7, 11) is 0. The maximum Gasteiger partial charge on any atom is 0.233 e. The topological polar surface area (TPSA) is 79.0 Å². The summed E-state index contributed by atoms with van der Waals surface area (Å²) in [4.78, 5) is 16.6. The van der Waals surface area contributed by atoms with Gasteiger partial charge in [0.05, 0.1) is 19.3 Å². The maximum atomic E-state index is 12.8. The minimum atomic E-state index is -0.412. The number of aromatic nitrogens is 1. The monoisotopic (exact) mass is 323 g/mol. The van der Waals surface area contributed by atoms with Crippen LogP contribution in [0.25, 0.3) is 0 Å². The summed E-state index contributed by atoms with van der Waals surface area (Å²) in [5.74, 6) is 1.13. The number of nitrogens with zero attached hydrogens (tertiary/aromatic N) is 3. The van der Waals surface area contributed by atoms with E-state index in [1.165, 1.54) is 0 Å². The highest BCUT2D eigenvalue weighted by molar-refractivity contribution is 5.83. The number of hydrogen-bond donors (Lipinski definition) is 1. The molecule has 3 rings (SSSR count). The number of morpholine rings is 1. The van der Waals surface area contributed by atoms with Crippen molar-refractivity contribution < 1.29 is 19.2 Å². The van der Waals surface area contributed by atoms with Crippen molar-refractivity contribution in [2.75, 3.05) is 44.3 Å². The van der Waals surface area contributed by atoms with Gasteiger partial charge >= 0.3 is 0 Å². The number of carbonyl (C=O) groups is 1. The molecule has 2 unspecified atom stereocenters. The molecule has 2 saturated heterocycles. The molecule has 0 aromatic carbocycles. The molecule has 0 bridgehead atoms. The van der Waals surface area contributed by atoms with Crippen LogP contribution >= 0.6 is 0 Å². The Bertz CT molecular complexity index is 539. The number of hydrogen-bond acceptors (Lipinski definition) is 6. The quantitative estimate of drug-likeness (QED) is 0.885. The number of aliphatic hydroxyl groups is 1. The first-order valence-electron chi connectivity index (χ1n) is 8.32. The molecule has 1 aromatic heterocycles. The summed E-state index contributed by atoms with van der Waals surface area (Å²) in [6.07, 6.45) is 0.233. The van der Waals surface area contributed by atoms with E-state index in [0.717, 1.165) is 18.9 Å². The van der Waals surface area contributed by atoms with Gasteiger partial charge in [0.1, 0.15) is 5.92 Å². The van der Waals surface area contributed by atoms with E-state index in [4.69, 9.17) is 9.26 Å². The molecule has 7 nitrogen and oxygen atoms in total. The first kappa shape index (κ1) is 16.3. The van der Waals surface area contributed by atoms with Gasteiger partial charge in [-0.1, -0.05) is 19.0 Å². The molecule has 1 aromatic rings. The minimum Gasteiger partial charge on any atom is -0.391 e. The van der Waals surface area contributed by atoms with Gasteiger partial charge < -0.3 is 24.2 Å². The van der Waals surface area contributed by atoms with E-state index in [1.54, 1.807) is 4.90 Å². The van der Waals surface area contributed by atoms with E-state index in [9.17, 15) is 9.90 Å². The number of likely N-dealkylation sites (tertiary alicyclic amines) is 1. The molecule has 1 N–H and O–H groups in total. The molecular weight excluding hydrogens is 298 g/mol. The lowest BCUT2D eigenvalue weighted by Crippen LogP contribution is -2.36. The Morgan fingerprint density at radius 1 is 1.35 bits per heavy atom. The average molecular weight is 323 g/mol. The second-order valence-electron chi connectivity index (χ2n) is 6.64. The molecule has 0 saturated carbocycles. The summed E-state index contributed by atoms with van der Waals surface area (Å²) in [6, 6.07) is 1.88. The molecular formula is C16H25N3O4. The first-order chi connectivity index (χ1) is 11.1. The van der Waals surface area contributed by atoms with E-state index < -0.39 is 6.10 Å². The number of ether oxygens (including phenoxy) is 1. The molecule has 0 radical (unpaired) electrons. The Labute approximate surface area is 136 Å². The molecule has 0 spiro atoms. The van der Waals surface area contributed by atoms with Crippen molar-refractivity contribution in [2.24, 2.45) is 5.92 Å². The molecule has 23 heavy (non-hydrogen) atoms. The van der Waals surface area contributed by atoms with Crippen LogP contribution in [0.1, 0.15) is 31.9 Å². The van der Waals surface area contributed by atoms with Crippen LogP contribution in [-0.4, -0.2) is 66.6 Å². The zero-order valence-electron chi connectivity index (χ0n) is 13.8. The van der Waals surface area contributed by atoms with Gasteiger partial charge in [0.2, 0.25) is 5.91 Å². The van der Waals surface area contributed by atoms with Gasteiger partial charge in [-0.05, 0) is 12.3 Å². The first-order valence-corrected chi connectivity index (χ1v) is 8.32. The van der Waals surface area contributed by atoms with Crippen LogP contribution in [0.15, 0.2) is 10.6 Å². The fourth-order valence-electron chi connectivity index (χ4n) is 3.24. The highest BCUT2D eigenvalue weighted by Gasteiger charge is 2.35. The highest BCUT2D eigenvalue weighted by atomic mass is 16.5. The molecule has 2 aliphatic heterocycles. The van der Waals surface area contributed by atoms with Gasteiger partial charge in [-0.25, -0.2) is 0 Å². The summed E-state index contributed by atoms with van der Waals surface area (Å²) < 4.78 is 10.9. The Morgan fingerprint density at radius 3 is 2.70 bits per heavy atom. The van der Waals surface area contributed by atoms with Crippen LogP contribution < -0.4 is 4.90 Å².